The van der Waals surface area contributed by atoms with Gasteiger partial charge in [0.15, 0.2) is 0 Å². The minimum Gasteiger partial charge on any atom is -0.374 e. The van der Waals surface area contributed by atoms with Crippen LogP contribution in [0.4, 0.5) is 0 Å². The maximum Gasteiger partial charge on any atom is 0.0931 e. The van der Waals surface area contributed by atoms with E-state index in [1.54, 1.807) is 0 Å². The van der Waals surface area contributed by atoms with Crippen molar-refractivity contribution in [3.05, 3.63) is 0 Å². The Morgan fingerprint density at radius 3 is 2.14 bits per heavy atom. The van der Waals surface area contributed by atoms with Gasteiger partial charge in [-0.2, -0.15) is 0 Å². The van der Waals surface area contributed by atoms with Gasteiger partial charge < -0.3 is 5.32 Å². The van der Waals surface area contributed by atoms with E-state index in [1.165, 1.54) is 51.4 Å². The molecule has 0 fully saturated rings. The predicted octanol–water partition coefficient (Wildman–Crippen LogP) is 3.13. The smallest absolute Gasteiger partial charge is 0.0931 e. The molecule has 0 saturated carbocycles. The molecule has 0 spiro atoms. The topological polar surface area (TPSA) is 24.4 Å². The maximum atomic E-state index is 4.49. The highest BCUT2D eigenvalue weighted by Gasteiger charge is 1.95. The first-order chi connectivity index (χ1) is 6.89. The monoisotopic (exact) mass is 196 g/mol. The molecule has 1 rings (SSSR count). The third-order valence-electron chi connectivity index (χ3n) is 2.81. The van der Waals surface area contributed by atoms with Crippen molar-refractivity contribution in [2.24, 2.45) is 4.99 Å². The van der Waals surface area contributed by atoms with Gasteiger partial charge in [0.2, 0.25) is 0 Å². The molecule has 0 radical (unpaired) electrons. The summed E-state index contributed by atoms with van der Waals surface area (Å²) in [5.74, 6) is 1.13. The zero-order valence-electron chi connectivity index (χ0n) is 9.52. The molecule has 82 valence electrons. The van der Waals surface area contributed by atoms with Crippen LogP contribution in [0.5, 0.6) is 0 Å². The zero-order valence-corrected chi connectivity index (χ0v) is 9.52. The number of rotatable bonds is 0. The van der Waals surface area contributed by atoms with Crippen LogP contribution >= 0.6 is 0 Å². The lowest BCUT2D eigenvalue weighted by Crippen LogP contribution is -2.21. The van der Waals surface area contributed by atoms with E-state index in [0.717, 1.165) is 18.9 Å². The van der Waals surface area contributed by atoms with E-state index in [0.29, 0.717) is 0 Å². The number of nitrogens with zero attached hydrogens (tertiary/aromatic N) is 1. The Labute approximate surface area is 88.2 Å². The van der Waals surface area contributed by atoms with Crippen LogP contribution in [0, 0.1) is 0 Å². The molecular weight excluding hydrogens is 172 g/mol. The third kappa shape index (κ3) is 6.01. The molecule has 0 aromatic heterocycles. The van der Waals surface area contributed by atoms with Gasteiger partial charge in [-0.15, -0.1) is 0 Å². The molecule has 1 heterocycles. The minimum absolute atomic E-state index is 1.01. The summed E-state index contributed by atoms with van der Waals surface area (Å²) in [4.78, 5) is 4.49. The van der Waals surface area contributed by atoms with Gasteiger partial charge in [0.05, 0.1) is 5.84 Å². The largest absolute Gasteiger partial charge is 0.374 e. The van der Waals surface area contributed by atoms with Gasteiger partial charge in [-0.05, 0) is 19.8 Å². The molecule has 1 aliphatic heterocycles. The first kappa shape index (κ1) is 11.5. The second-order valence-electron chi connectivity index (χ2n) is 4.22. The van der Waals surface area contributed by atoms with Gasteiger partial charge >= 0.3 is 0 Å². The SMILES string of the molecule is CC1=NCCCCCCCCCCN1. The van der Waals surface area contributed by atoms with Crippen LogP contribution in [0.15, 0.2) is 4.99 Å². The molecule has 0 atom stereocenters. The number of amidine groups is 1. The number of hydrogen-bond acceptors (Lipinski definition) is 2. The number of nitrogens with one attached hydrogen (secondary N) is 1. The average molecular weight is 196 g/mol. The predicted molar refractivity (Wildman–Crippen MR) is 62.9 cm³/mol. The average Bonchev–Trinajstić information content (AvgIpc) is 2.20. The summed E-state index contributed by atoms with van der Waals surface area (Å²) in [7, 11) is 0. The summed E-state index contributed by atoms with van der Waals surface area (Å²) < 4.78 is 0. The summed E-state index contributed by atoms with van der Waals surface area (Å²) in [6.07, 6.45) is 11.0. The molecule has 0 aliphatic carbocycles. The van der Waals surface area contributed by atoms with Crippen molar-refractivity contribution < 1.29 is 0 Å². The van der Waals surface area contributed by atoms with Crippen molar-refractivity contribution in [1.82, 2.24) is 5.32 Å². The number of hydrogen-bond donors (Lipinski definition) is 1. The first-order valence-electron chi connectivity index (χ1n) is 6.14. The Kier molecular flexibility index (Phi) is 6.46. The highest BCUT2D eigenvalue weighted by atomic mass is 15.0. The molecule has 0 amide bonds. The molecule has 0 aromatic carbocycles. The van der Waals surface area contributed by atoms with E-state index < -0.39 is 0 Å². The van der Waals surface area contributed by atoms with Gasteiger partial charge in [0.25, 0.3) is 0 Å². The van der Waals surface area contributed by atoms with Crippen LogP contribution in [0.25, 0.3) is 0 Å². The second-order valence-corrected chi connectivity index (χ2v) is 4.22. The molecule has 1 aliphatic rings. The Balaban J connectivity index is 2.21. The van der Waals surface area contributed by atoms with Crippen molar-refractivity contribution in [3.8, 4) is 0 Å². The van der Waals surface area contributed by atoms with E-state index in [-0.39, 0.29) is 0 Å². The number of aliphatic imine (C=N–C) groups is 1. The highest BCUT2D eigenvalue weighted by molar-refractivity contribution is 5.79. The molecule has 0 bridgehead atoms. The van der Waals surface area contributed by atoms with Crippen LogP contribution in [-0.2, 0) is 0 Å². The minimum atomic E-state index is 1.01. The zero-order chi connectivity index (χ0) is 10.1. The Bertz CT molecular complexity index is 164. The summed E-state index contributed by atoms with van der Waals surface area (Å²) >= 11 is 0. The van der Waals surface area contributed by atoms with E-state index >= 15 is 0 Å². The van der Waals surface area contributed by atoms with Crippen LogP contribution in [0.3, 0.4) is 0 Å². The van der Waals surface area contributed by atoms with Crippen molar-refractivity contribution >= 4 is 5.84 Å². The van der Waals surface area contributed by atoms with E-state index in [4.69, 9.17) is 0 Å². The quantitative estimate of drug-likeness (QED) is 0.632. The van der Waals surface area contributed by atoms with Crippen LogP contribution < -0.4 is 5.32 Å². The fourth-order valence-electron chi connectivity index (χ4n) is 1.87. The molecule has 1 N–H and O–H groups in total. The summed E-state index contributed by atoms with van der Waals surface area (Å²) in [5, 5.41) is 3.37. The van der Waals surface area contributed by atoms with E-state index in [9.17, 15) is 0 Å². The Hall–Kier alpha value is -0.530. The van der Waals surface area contributed by atoms with Crippen molar-refractivity contribution in [3.63, 3.8) is 0 Å². The summed E-state index contributed by atoms with van der Waals surface area (Å²) in [6.45, 7) is 4.20. The molecule has 0 aromatic rings. The molecular formula is C12H24N2. The summed E-state index contributed by atoms with van der Waals surface area (Å²) in [5.41, 5.74) is 0. The first-order valence-corrected chi connectivity index (χ1v) is 6.14. The Morgan fingerprint density at radius 2 is 1.43 bits per heavy atom. The second kappa shape index (κ2) is 7.84. The molecule has 0 saturated heterocycles. The maximum absolute atomic E-state index is 4.49. The lowest BCUT2D eigenvalue weighted by molar-refractivity contribution is 0.571. The standard InChI is InChI=1S/C12H24N2/c1-12-13-10-8-6-4-2-3-5-7-9-11-14-12/h2-11H2,1H3,(H,13,14). The van der Waals surface area contributed by atoms with Crippen molar-refractivity contribution in [2.45, 2.75) is 58.3 Å². The highest BCUT2D eigenvalue weighted by Crippen LogP contribution is 2.08. The lowest BCUT2D eigenvalue weighted by atomic mass is 10.1. The van der Waals surface area contributed by atoms with E-state index in [1.807, 2.05) is 0 Å². The Morgan fingerprint density at radius 1 is 0.857 bits per heavy atom. The van der Waals surface area contributed by atoms with Gasteiger partial charge in [-0.1, -0.05) is 38.5 Å². The van der Waals surface area contributed by atoms with Crippen LogP contribution in [-0.4, -0.2) is 18.9 Å². The normalized spacial score (nSPS) is 22.2. The fraction of sp³-hybridized carbons (Fsp3) is 0.917. The van der Waals surface area contributed by atoms with Crippen LogP contribution in [0.1, 0.15) is 58.3 Å². The van der Waals surface area contributed by atoms with Gasteiger partial charge in [0, 0.05) is 13.1 Å². The molecule has 2 nitrogen and oxygen atoms in total. The van der Waals surface area contributed by atoms with E-state index in [2.05, 4.69) is 17.2 Å². The van der Waals surface area contributed by atoms with Gasteiger partial charge in [-0.25, -0.2) is 0 Å². The fourth-order valence-corrected chi connectivity index (χ4v) is 1.87. The van der Waals surface area contributed by atoms with Crippen molar-refractivity contribution in [1.29, 1.82) is 0 Å². The molecule has 0 unspecified atom stereocenters. The van der Waals surface area contributed by atoms with Crippen molar-refractivity contribution in [2.75, 3.05) is 13.1 Å². The summed E-state index contributed by atoms with van der Waals surface area (Å²) in [6, 6.07) is 0. The third-order valence-corrected chi connectivity index (χ3v) is 2.81. The van der Waals surface area contributed by atoms with Gasteiger partial charge in [-0.3, -0.25) is 4.99 Å². The van der Waals surface area contributed by atoms with Gasteiger partial charge in [0.1, 0.15) is 0 Å². The lowest BCUT2D eigenvalue weighted by Gasteiger charge is -2.04. The molecule has 14 heavy (non-hydrogen) atoms. The van der Waals surface area contributed by atoms with Crippen LogP contribution in [0.2, 0.25) is 0 Å². The molecule has 2 heteroatoms.